The molecule has 0 bridgehead atoms. The van der Waals surface area contributed by atoms with Crippen molar-refractivity contribution >= 4 is 34.1 Å². The van der Waals surface area contributed by atoms with Gasteiger partial charge in [-0.25, -0.2) is 0 Å². The van der Waals surface area contributed by atoms with Crippen molar-refractivity contribution in [3.63, 3.8) is 0 Å². The number of hydrogen-bond acceptors (Lipinski definition) is 2. The van der Waals surface area contributed by atoms with E-state index in [1.54, 1.807) is 6.92 Å². The van der Waals surface area contributed by atoms with Gasteiger partial charge in [0, 0.05) is 46.5 Å². The molecule has 3 aromatic rings. The molecule has 2 aromatic carbocycles. The summed E-state index contributed by atoms with van der Waals surface area (Å²) in [5.41, 5.74) is 6.68. The molecule has 138 valence electrons. The summed E-state index contributed by atoms with van der Waals surface area (Å²) in [6.07, 6.45) is 0.797. The zero-order valence-electron chi connectivity index (χ0n) is 16.0. The van der Waals surface area contributed by atoms with Gasteiger partial charge >= 0.3 is 0 Å². The number of H-pyrrole nitrogens is 1. The van der Waals surface area contributed by atoms with E-state index in [1.807, 2.05) is 55.1 Å². The molecule has 0 saturated heterocycles. The van der Waals surface area contributed by atoms with Crippen molar-refractivity contribution in [1.29, 1.82) is 0 Å². The molecule has 4 rings (SSSR count). The van der Waals surface area contributed by atoms with Crippen molar-refractivity contribution in [2.75, 3.05) is 10.2 Å². The molecule has 1 aliphatic rings. The van der Waals surface area contributed by atoms with Crippen LogP contribution in [0.3, 0.4) is 0 Å². The van der Waals surface area contributed by atoms with Crippen molar-refractivity contribution in [1.82, 2.24) is 4.98 Å². The average molecular weight is 361 g/mol. The summed E-state index contributed by atoms with van der Waals surface area (Å²) >= 11 is 0. The molecule has 0 saturated carbocycles. The Kier molecular flexibility index (Phi) is 4.02. The summed E-state index contributed by atoms with van der Waals surface area (Å²) in [6, 6.07) is 11.6. The second-order valence-electron chi connectivity index (χ2n) is 7.38. The maximum absolute atomic E-state index is 12.7. The number of aryl methyl sites for hydroxylation is 2. The zero-order valence-corrected chi connectivity index (χ0v) is 16.0. The van der Waals surface area contributed by atoms with Gasteiger partial charge in [0.1, 0.15) is 0 Å². The highest BCUT2D eigenvalue weighted by Crippen LogP contribution is 2.34. The van der Waals surface area contributed by atoms with Gasteiger partial charge in [0.2, 0.25) is 5.91 Å². The van der Waals surface area contributed by atoms with Crippen LogP contribution in [-0.4, -0.2) is 22.8 Å². The predicted octanol–water partition coefficient (Wildman–Crippen LogP) is 4.33. The fraction of sp³-hybridized carbons (Fsp3) is 0.273. The largest absolute Gasteiger partial charge is 0.358 e. The summed E-state index contributed by atoms with van der Waals surface area (Å²) in [6.45, 7) is 7.73. The Morgan fingerprint density at radius 3 is 2.67 bits per heavy atom. The highest BCUT2D eigenvalue weighted by Gasteiger charge is 2.29. The van der Waals surface area contributed by atoms with Crippen LogP contribution >= 0.6 is 0 Å². The number of rotatable bonds is 2. The number of fused-ring (bicyclic) bond motifs is 2. The third-order valence-electron chi connectivity index (χ3n) is 5.46. The van der Waals surface area contributed by atoms with Crippen molar-refractivity contribution in [3.05, 3.63) is 58.8 Å². The number of anilines is 2. The van der Waals surface area contributed by atoms with Crippen molar-refractivity contribution in [2.24, 2.45) is 0 Å². The Balaban J connectivity index is 1.59. The van der Waals surface area contributed by atoms with Crippen LogP contribution in [0.1, 0.15) is 41.0 Å². The number of carbonyl (C=O) groups excluding carboxylic acids is 2. The average Bonchev–Trinajstić information content (AvgIpc) is 3.09. The topological polar surface area (TPSA) is 65.2 Å². The summed E-state index contributed by atoms with van der Waals surface area (Å²) in [7, 11) is 0. The number of nitrogens with one attached hydrogen (secondary N) is 2. The number of amides is 2. The Morgan fingerprint density at radius 1 is 1.15 bits per heavy atom. The van der Waals surface area contributed by atoms with E-state index in [9.17, 15) is 9.59 Å². The van der Waals surface area contributed by atoms with Gasteiger partial charge in [0.25, 0.3) is 5.91 Å². The Bertz CT molecular complexity index is 1080. The molecule has 2 heterocycles. The number of hydrogen-bond donors (Lipinski definition) is 2. The summed E-state index contributed by atoms with van der Waals surface area (Å²) in [4.78, 5) is 29.7. The molecule has 0 spiro atoms. The SMILES string of the molecule is CC(=O)N1c2ccc(NC(=O)c3ccc4c(C)c(C)[nH]c4c3)cc2C[C@@H]1C. The Labute approximate surface area is 158 Å². The second-order valence-corrected chi connectivity index (χ2v) is 7.38. The van der Waals surface area contributed by atoms with Crippen LogP contribution in [-0.2, 0) is 11.2 Å². The maximum Gasteiger partial charge on any atom is 0.255 e. The van der Waals surface area contributed by atoms with Crippen molar-refractivity contribution in [3.8, 4) is 0 Å². The molecule has 2 amide bonds. The standard InChI is InChI=1S/C22H23N3O2/c1-12-9-17-10-18(6-8-21(17)25(12)15(4)26)24-22(27)16-5-7-19-13(2)14(3)23-20(19)11-16/h5-8,10-12,23H,9H2,1-4H3,(H,24,27)/t12-/m0/s1. The van der Waals surface area contributed by atoms with Crippen molar-refractivity contribution < 1.29 is 9.59 Å². The molecule has 5 heteroatoms. The van der Waals surface area contributed by atoms with Gasteiger partial charge in [-0.05, 0) is 68.7 Å². The first-order valence-corrected chi connectivity index (χ1v) is 9.18. The Hall–Kier alpha value is -3.08. The predicted molar refractivity (Wildman–Crippen MR) is 108 cm³/mol. The number of carbonyl (C=O) groups is 2. The lowest BCUT2D eigenvalue weighted by Gasteiger charge is -2.20. The van der Waals surface area contributed by atoms with E-state index in [-0.39, 0.29) is 17.9 Å². The summed E-state index contributed by atoms with van der Waals surface area (Å²) in [5.74, 6) is -0.0981. The number of benzene rings is 2. The molecular weight excluding hydrogens is 338 g/mol. The van der Waals surface area contributed by atoms with Gasteiger partial charge in [-0.15, -0.1) is 0 Å². The first kappa shape index (κ1) is 17.3. The van der Waals surface area contributed by atoms with Gasteiger partial charge in [-0.2, -0.15) is 0 Å². The highest BCUT2D eigenvalue weighted by atomic mass is 16.2. The van der Waals surface area contributed by atoms with E-state index in [2.05, 4.69) is 17.2 Å². The van der Waals surface area contributed by atoms with Gasteiger partial charge in [-0.1, -0.05) is 6.07 Å². The second kappa shape index (κ2) is 6.27. The highest BCUT2D eigenvalue weighted by molar-refractivity contribution is 6.06. The first-order valence-electron chi connectivity index (χ1n) is 9.18. The van der Waals surface area contributed by atoms with E-state index >= 15 is 0 Å². The fourth-order valence-corrected chi connectivity index (χ4v) is 4.01. The van der Waals surface area contributed by atoms with Crippen LogP contribution in [0.25, 0.3) is 10.9 Å². The fourth-order valence-electron chi connectivity index (χ4n) is 4.01. The molecule has 0 radical (unpaired) electrons. The molecule has 0 unspecified atom stereocenters. The first-order chi connectivity index (χ1) is 12.8. The third-order valence-corrected chi connectivity index (χ3v) is 5.46. The number of nitrogens with zero attached hydrogens (tertiary/aromatic N) is 1. The molecular formula is C22H23N3O2. The maximum atomic E-state index is 12.7. The van der Waals surface area contributed by atoms with E-state index in [0.717, 1.165) is 40.0 Å². The molecule has 1 aromatic heterocycles. The quantitative estimate of drug-likeness (QED) is 0.713. The molecule has 1 atom stereocenters. The molecule has 1 aliphatic heterocycles. The van der Waals surface area contributed by atoms with Crippen LogP contribution in [0, 0.1) is 13.8 Å². The van der Waals surface area contributed by atoms with Gasteiger partial charge in [0.05, 0.1) is 0 Å². The molecule has 27 heavy (non-hydrogen) atoms. The Morgan fingerprint density at radius 2 is 1.93 bits per heavy atom. The van der Waals surface area contributed by atoms with Crippen molar-refractivity contribution in [2.45, 2.75) is 40.2 Å². The summed E-state index contributed by atoms with van der Waals surface area (Å²) < 4.78 is 0. The monoisotopic (exact) mass is 361 g/mol. The smallest absolute Gasteiger partial charge is 0.255 e. The zero-order chi connectivity index (χ0) is 19.3. The van der Waals surface area contributed by atoms with E-state index in [0.29, 0.717) is 5.56 Å². The lowest BCUT2D eigenvalue weighted by molar-refractivity contribution is -0.116. The van der Waals surface area contributed by atoms with Gasteiger partial charge < -0.3 is 15.2 Å². The molecule has 2 N–H and O–H groups in total. The molecule has 0 aliphatic carbocycles. The van der Waals surface area contributed by atoms with Gasteiger partial charge in [0.15, 0.2) is 0 Å². The van der Waals surface area contributed by atoms with Gasteiger partial charge in [-0.3, -0.25) is 9.59 Å². The minimum atomic E-state index is -0.142. The van der Waals surface area contributed by atoms with E-state index in [1.165, 1.54) is 5.56 Å². The van der Waals surface area contributed by atoms with Crippen LogP contribution in [0.15, 0.2) is 36.4 Å². The molecule has 0 fully saturated rings. The van der Waals surface area contributed by atoms with E-state index < -0.39 is 0 Å². The van der Waals surface area contributed by atoms with Crippen LogP contribution in [0.5, 0.6) is 0 Å². The minimum absolute atomic E-state index is 0.0443. The summed E-state index contributed by atoms with van der Waals surface area (Å²) in [5, 5.41) is 4.12. The van der Waals surface area contributed by atoms with E-state index in [4.69, 9.17) is 0 Å². The van der Waals surface area contributed by atoms with Crippen LogP contribution < -0.4 is 10.2 Å². The van der Waals surface area contributed by atoms with Crippen LogP contribution in [0.4, 0.5) is 11.4 Å². The third kappa shape index (κ3) is 2.89. The molecule has 5 nitrogen and oxygen atoms in total. The minimum Gasteiger partial charge on any atom is -0.358 e. The lowest BCUT2D eigenvalue weighted by Crippen LogP contribution is -2.33. The lowest BCUT2D eigenvalue weighted by atomic mass is 10.1. The number of aromatic nitrogens is 1. The number of aromatic amines is 1. The van der Waals surface area contributed by atoms with Crippen LogP contribution in [0.2, 0.25) is 0 Å². The normalized spacial score (nSPS) is 15.9.